The molecule has 0 aromatic heterocycles. The number of ether oxygens (including phenoxy) is 2. The number of nitrogens with zero attached hydrogens (tertiary/aromatic N) is 2. The molecule has 5 rings (SSSR count). The summed E-state index contributed by atoms with van der Waals surface area (Å²) in [5.41, 5.74) is 2.45. The molecule has 2 aliphatic carbocycles. The lowest BCUT2D eigenvalue weighted by Crippen LogP contribution is -2.40. The van der Waals surface area contributed by atoms with Crippen molar-refractivity contribution >= 4 is 29.5 Å². The fraction of sp³-hybridized carbons (Fsp3) is 0.382. The summed E-state index contributed by atoms with van der Waals surface area (Å²) in [6, 6.07) is 16.7. The maximum absolute atomic E-state index is 13.4. The van der Waals surface area contributed by atoms with Gasteiger partial charge in [0.15, 0.2) is 0 Å². The van der Waals surface area contributed by atoms with Crippen LogP contribution < -0.4 is 5.32 Å². The second-order valence-electron chi connectivity index (χ2n) is 11.1. The molecule has 45 heavy (non-hydrogen) atoms. The smallest absolute Gasteiger partial charge is 0.336 e. The van der Waals surface area contributed by atoms with Crippen LogP contribution in [-0.2, 0) is 20.9 Å². The number of anilines is 1. The van der Waals surface area contributed by atoms with Gasteiger partial charge in [0.25, 0.3) is 0 Å². The van der Waals surface area contributed by atoms with Gasteiger partial charge in [-0.05, 0) is 86.9 Å². The minimum Gasteiger partial charge on any atom is -0.478 e. The Bertz CT molecular complexity index is 1510. The average molecular weight is 622 g/mol. The van der Waals surface area contributed by atoms with Crippen molar-refractivity contribution in [2.24, 2.45) is 4.99 Å². The summed E-state index contributed by atoms with van der Waals surface area (Å²) in [6.07, 6.45) is 6.86. The number of hydrogen-bond donors (Lipinski definition) is 2. The highest BCUT2D eigenvalue weighted by Gasteiger charge is 2.33. The number of urea groups is 1. The highest BCUT2D eigenvalue weighted by molar-refractivity contribution is 5.91. The van der Waals surface area contributed by atoms with Crippen LogP contribution in [0, 0.1) is 18.6 Å². The number of amides is 2. The van der Waals surface area contributed by atoms with E-state index in [1.54, 1.807) is 36.1 Å². The van der Waals surface area contributed by atoms with E-state index in [0.29, 0.717) is 30.0 Å². The highest BCUT2D eigenvalue weighted by atomic mass is 19.1. The monoisotopic (exact) mass is 621 g/mol. The summed E-state index contributed by atoms with van der Waals surface area (Å²) in [7, 11) is 0. The van der Waals surface area contributed by atoms with Gasteiger partial charge in [0.2, 0.25) is 6.08 Å². The number of hydrogen-bond acceptors (Lipinski definition) is 6. The second-order valence-corrected chi connectivity index (χ2v) is 11.1. The standard InChI is InChI=1S/C27H33FN2O5.C7H4FNO/c1-18-5-2-6-19(25(18)26(31)32)17-35-24-10-4-9-23(16-24)34-14-13-30(22-11-12-22)27(33)29-21-8-3-7-20(28)15-21;8-6-2-1-3-7(4-6)9-5-10/h2-3,5-8,15,22-24H,4,9-14,16-17H2,1H3,(H,29,33)(H,31,32);1-4H. The fourth-order valence-electron chi connectivity index (χ4n) is 5.28. The largest absolute Gasteiger partial charge is 0.478 e. The lowest BCUT2D eigenvalue weighted by Gasteiger charge is -2.30. The van der Waals surface area contributed by atoms with Crippen molar-refractivity contribution in [2.75, 3.05) is 18.5 Å². The molecule has 0 heterocycles. The molecule has 11 heteroatoms. The van der Waals surface area contributed by atoms with Gasteiger partial charge in [0, 0.05) is 24.3 Å². The minimum atomic E-state index is -0.937. The van der Waals surface area contributed by atoms with Crippen LogP contribution >= 0.6 is 0 Å². The molecule has 2 fully saturated rings. The maximum atomic E-state index is 13.4. The van der Waals surface area contributed by atoms with E-state index >= 15 is 0 Å². The molecule has 2 amide bonds. The Balaban J connectivity index is 0.000000392. The third-order valence-electron chi connectivity index (χ3n) is 7.62. The molecular weight excluding hydrogens is 584 g/mol. The van der Waals surface area contributed by atoms with E-state index in [2.05, 4.69) is 10.3 Å². The average Bonchev–Trinajstić information content (AvgIpc) is 3.84. The predicted octanol–water partition coefficient (Wildman–Crippen LogP) is 7.17. The summed E-state index contributed by atoms with van der Waals surface area (Å²) in [6.45, 7) is 2.95. The first-order valence-corrected chi connectivity index (χ1v) is 14.9. The molecular formula is C34H37F2N3O6. The van der Waals surface area contributed by atoms with Crippen molar-refractivity contribution in [1.82, 2.24) is 4.90 Å². The molecule has 0 aliphatic heterocycles. The first-order valence-electron chi connectivity index (χ1n) is 14.9. The number of carbonyl (C=O) groups excluding carboxylic acids is 2. The molecule has 3 aromatic carbocycles. The van der Waals surface area contributed by atoms with Crippen molar-refractivity contribution < 1.29 is 37.7 Å². The zero-order valence-electron chi connectivity index (χ0n) is 25.1. The second kappa shape index (κ2) is 16.6. The number of aryl methyl sites for hydroxylation is 1. The van der Waals surface area contributed by atoms with E-state index in [4.69, 9.17) is 9.47 Å². The van der Waals surface area contributed by atoms with Gasteiger partial charge in [-0.2, -0.15) is 4.99 Å². The van der Waals surface area contributed by atoms with Gasteiger partial charge in [0.05, 0.1) is 36.7 Å². The number of carbonyl (C=O) groups is 2. The molecule has 2 N–H and O–H groups in total. The number of benzene rings is 3. The third-order valence-corrected chi connectivity index (χ3v) is 7.62. The van der Waals surface area contributed by atoms with Crippen LogP contribution in [-0.4, -0.2) is 59.5 Å². The van der Waals surface area contributed by atoms with Crippen LogP contribution in [0.4, 0.5) is 25.0 Å². The van der Waals surface area contributed by atoms with Crippen LogP contribution in [0.5, 0.6) is 0 Å². The van der Waals surface area contributed by atoms with Crippen molar-refractivity contribution in [1.29, 1.82) is 0 Å². The van der Waals surface area contributed by atoms with E-state index in [1.807, 2.05) is 6.07 Å². The summed E-state index contributed by atoms with van der Waals surface area (Å²) >= 11 is 0. The number of rotatable bonds is 11. The number of carboxylic acid groups (broad SMARTS) is 1. The predicted molar refractivity (Wildman–Crippen MR) is 164 cm³/mol. The molecule has 2 atom stereocenters. The zero-order valence-corrected chi connectivity index (χ0v) is 25.1. The van der Waals surface area contributed by atoms with Gasteiger partial charge in [-0.15, -0.1) is 0 Å². The Labute approximate surface area is 260 Å². The first-order chi connectivity index (χ1) is 21.7. The Kier molecular flexibility index (Phi) is 12.3. The maximum Gasteiger partial charge on any atom is 0.336 e. The van der Waals surface area contributed by atoms with Gasteiger partial charge in [-0.25, -0.2) is 23.2 Å². The van der Waals surface area contributed by atoms with E-state index in [1.165, 1.54) is 36.4 Å². The van der Waals surface area contributed by atoms with Crippen molar-refractivity contribution in [2.45, 2.75) is 70.3 Å². The SMILES string of the molecule is Cc1cccc(COC2CCCC(OCCN(C(=O)Nc3cccc(F)c3)C3CC3)C2)c1C(=O)O.O=C=Nc1cccc(F)c1. The van der Waals surface area contributed by atoms with Crippen LogP contribution in [0.3, 0.4) is 0 Å². The highest BCUT2D eigenvalue weighted by Crippen LogP contribution is 2.29. The minimum absolute atomic E-state index is 0.00622. The van der Waals surface area contributed by atoms with Gasteiger partial charge >= 0.3 is 12.0 Å². The Hall–Kier alpha value is -4.44. The number of nitrogens with one attached hydrogen (secondary N) is 1. The van der Waals surface area contributed by atoms with Crippen molar-refractivity contribution in [3.05, 3.63) is 95.1 Å². The van der Waals surface area contributed by atoms with Crippen LogP contribution in [0.15, 0.2) is 71.7 Å². The number of carboxylic acids is 1. The topological polar surface area (TPSA) is 118 Å². The molecule has 2 saturated carbocycles. The van der Waals surface area contributed by atoms with Gasteiger partial charge in [0.1, 0.15) is 11.6 Å². The van der Waals surface area contributed by atoms with Crippen LogP contribution in [0.25, 0.3) is 0 Å². The van der Waals surface area contributed by atoms with Crippen molar-refractivity contribution in [3.63, 3.8) is 0 Å². The molecule has 9 nitrogen and oxygen atoms in total. The molecule has 0 bridgehead atoms. The first kappa shape index (κ1) is 33.5. The molecule has 0 spiro atoms. The molecule has 2 aliphatic rings. The van der Waals surface area contributed by atoms with E-state index in [0.717, 1.165) is 50.2 Å². The molecule has 3 aromatic rings. The van der Waals surface area contributed by atoms with Gasteiger partial charge < -0.3 is 24.8 Å². The van der Waals surface area contributed by atoms with Crippen LogP contribution in [0.2, 0.25) is 0 Å². The lowest BCUT2D eigenvalue weighted by atomic mass is 9.94. The number of aliphatic imine (C=N–C) groups is 1. The summed E-state index contributed by atoms with van der Waals surface area (Å²) in [5.74, 6) is -1.73. The normalized spacial score (nSPS) is 17.3. The Morgan fingerprint density at radius 2 is 1.67 bits per heavy atom. The number of halogens is 2. The van der Waals surface area contributed by atoms with Crippen LogP contribution in [0.1, 0.15) is 60.0 Å². The third kappa shape index (κ3) is 10.6. The van der Waals surface area contributed by atoms with Gasteiger partial charge in [-0.1, -0.05) is 30.3 Å². The quantitative estimate of drug-likeness (QED) is 0.173. The molecule has 238 valence electrons. The molecule has 2 unspecified atom stereocenters. The number of aromatic carboxylic acids is 1. The fourth-order valence-corrected chi connectivity index (χ4v) is 5.28. The molecule has 0 radical (unpaired) electrons. The lowest BCUT2D eigenvalue weighted by molar-refractivity contribution is -0.0524. The summed E-state index contributed by atoms with van der Waals surface area (Å²) in [5, 5.41) is 12.3. The van der Waals surface area contributed by atoms with E-state index < -0.39 is 11.8 Å². The summed E-state index contributed by atoms with van der Waals surface area (Å²) in [4.78, 5) is 39.0. The molecule has 0 saturated heterocycles. The Morgan fingerprint density at radius 3 is 2.33 bits per heavy atom. The van der Waals surface area contributed by atoms with E-state index in [9.17, 15) is 28.3 Å². The Morgan fingerprint density at radius 1 is 0.978 bits per heavy atom. The number of isocyanates is 1. The summed E-state index contributed by atoms with van der Waals surface area (Å²) < 4.78 is 37.9. The van der Waals surface area contributed by atoms with E-state index in [-0.39, 0.29) is 42.4 Å². The zero-order chi connectivity index (χ0) is 32.2. The van der Waals surface area contributed by atoms with Crippen molar-refractivity contribution in [3.8, 4) is 0 Å². The van der Waals surface area contributed by atoms with Gasteiger partial charge in [-0.3, -0.25) is 0 Å².